The number of nitrogens with zero attached hydrogens (tertiary/aromatic N) is 2. The second-order valence-corrected chi connectivity index (χ2v) is 9.48. The zero-order valence-corrected chi connectivity index (χ0v) is 18.0. The summed E-state index contributed by atoms with van der Waals surface area (Å²) in [5, 5.41) is 8.35. The van der Waals surface area contributed by atoms with Gasteiger partial charge in [0.25, 0.3) is 15.9 Å². The average Bonchev–Trinajstić information content (AvgIpc) is 3.21. The van der Waals surface area contributed by atoms with E-state index in [1.807, 2.05) is 32.9 Å². The third kappa shape index (κ3) is 3.16. The van der Waals surface area contributed by atoms with E-state index in [4.69, 9.17) is 0 Å². The highest BCUT2D eigenvalue weighted by atomic mass is 32.2. The van der Waals surface area contributed by atoms with E-state index in [-0.39, 0.29) is 16.6 Å². The number of amides is 1. The molecule has 2 heterocycles. The van der Waals surface area contributed by atoms with E-state index in [0.29, 0.717) is 22.0 Å². The van der Waals surface area contributed by atoms with E-state index in [1.54, 1.807) is 35.0 Å². The molecule has 7 nitrogen and oxygen atoms in total. The summed E-state index contributed by atoms with van der Waals surface area (Å²) in [6.07, 6.45) is 0. The van der Waals surface area contributed by atoms with Crippen molar-refractivity contribution in [3.8, 4) is 5.69 Å². The lowest BCUT2D eigenvalue weighted by Crippen LogP contribution is -2.14. The Kier molecular flexibility index (Phi) is 4.16. The number of benzene rings is 3. The Morgan fingerprint density at radius 2 is 1.71 bits per heavy atom. The van der Waals surface area contributed by atoms with Crippen LogP contribution in [0.2, 0.25) is 0 Å². The molecule has 0 atom stereocenters. The molecule has 0 spiro atoms. The molecule has 31 heavy (non-hydrogen) atoms. The van der Waals surface area contributed by atoms with Crippen molar-refractivity contribution in [1.29, 1.82) is 0 Å². The van der Waals surface area contributed by atoms with Crippen molar-refractivity contribution >= 4 is 38.2 Å². The van der Waals surface area contributed by atoms with E-state index in [2.05, 4.69) is 21.2 Å². The minimum atomic E-state index is -3.93. The molecule has 4 aromatic rings. The van der Waals surface area contributed by atoms with Crippen LogP contribution in [-0.4, -0.2) is 24.1 Å². The largest absolute Gasteiger partial charge is 0.321 e. The fourth-order valence-electron chi connectivity index (χ4n) is 4.15. The number of carbonyl (C=O) groups excluding carboxylic acids is 1. The summed E-state index contributed by atoms with van der Waals surface area (Å²) in [6.45, 7) is 5.89. The van der Waals surface area contributed by atoms with Crippen LogP contribution in [0.5, 0.6) is 0 Å². The first-order valence-electron chi connectivity index (χ1n) is 9.78. The highest BCUT2D eigenvalue weighted by molar-refractivity contribution is 7.93. The highest BCUT2D eigenvalue weighted by Crippen LogP contribution is 2.37. The number of hydrogen-bond donors (Lipinski definition) is 2. The number of nitrogens with one attached hydrogen (secondary N) is 2. The van der Waals surface area contributed by atoms with Crippen LogP contribution in [0.3, 0.4) is 0 Å². The molecule has 1 aliphatic rings. The van der Waals surface area contributed by atoms with Crippen molar-refractivity contribution in [1.82, 2.24) is 9.78 Å². The zero-order chi connectivity index (χ0) is 21.9. The van der Waals surface area contributed by atoms with Crippen LogP contribution in [0.1, 0.15) is 27.2 Å². The van der Waals surface area contributed by atoms with E-state index in [0.717, 1.165) is 22.5 Å². The van der Waals surface area contributed by atoms with Crippen LogP contribution in [0.15, 0.2) is 59.5 Å². The third-order valence-corrected chi connectivity index (χ3v) is 6.77. The molecule has 1 amide bonds. The first-order chi connectivity index (χ1) is 14.7. The zero-order valence-electron chi connectivity index (χ0n) is 17.2. The molecule has 0 fully saturated rings. The summed E-state index contributed by atoms with van der Waals surface area (Å²) >= 11 is 0. The quantitative estimate of drug-likeness (QED) is 0.502. The molecule has 3 aromatic carbocycles. The normalized spacial score (nSPS) is 12.9. The summed E-state index contributed by atoms with van der Waals surface area (Å²) in [7, 11) is -3.93. The van der Waals surface area contributed by atoms with Crippen molar-refractivity contribution in [3.05, 3.63) is 77.0 Å². The van der Waals surface area contributed by atoms with Gasteiger partial charge < -0.3 is 5.32 Å². The maximum atomic E-state index is 13.2. The van der Waals surface area contributed by atoms with Crippen molar-refractivity contribution < 1.29 is 13.2 Å². The second kappa shape index (κ2) is 6.68. The van der Waals surface area contributed by atoms with Gasteiger partial charge in [0.2, 0.25) is 0 Å². The van der Waals surface area contributed by atoms with E-state index >= 15 is 0 Å². The Bertz CT molecular complexity index is 1480. The van der Waals surface area contributed by atoms with Crippen LogP contribution in [0, 0.1) is 20.8 Å². The van der Waals surface area contributed by atoms with Gasteiger partial charge in [-0.1, -0.05) is 18.2 Å². The molecule has 1 aliphatic heterocycles. The SMILES string of the molecule is Cc1cc(C)cc(-n2nc(NS(=O)(=O)c3ccc4c5c(cccc35)C(=O)N4)cc2C)c1. The Labute approximate surface area is 179 Å². The molecule has 0 bridgehead atoms. The van der Waals surface area contributed by atoms with Gasteiger partial charge >= 0.3 is 0 Å². The van der Waals surface area contributed by atoms with E-state index in [1.165, 1.54) is 6.07 Å². The first kappa shape index (κ1) is 19.3. The van der Waals surface area contributed by atoms with Crippen molar-refractivity contribution in [3.63, 3.8) is 0 Å². The number of carbonyl (C=O) groups is 1. The fourth-order valence-corrected chi connectivity index (χ4v) is 5.34. The number of rotatable bonds is 4. The predicted octanol–water partition coefficient (Wildman–Crippen LogP) is 4.32. The van der Waals surface area contributed by atoms with Crippen molar-refractivity contribution in [2.24, 2.45) is 0 Å². The summed E-state index contributed by atoms with van der Waals surface area (Å²) in [5.74, 6) is 0.0000339. The maximum absolute atomic E-state index is 13.2. The maximum Gasteiger partial charge on any atom is 0.263 e. The fraction of sp³-hybridized carbons (Fsp3) is 0.130. The summed E-state index contributed by atoms with van der Waals surface area (Å²) < 4.78 is 30.8. The molecular formula is C23H20N4O3S. The summed E-state index contributed by atoms with van der Waals surface area (Å²) in [4.78, 5) is 12.2. The van der Waals surface area contributed by atoms with E-state index in [9.17, 15) is 13.2 Å². The predicted molar refractivity (Wildman–Crippen MR) is 120 cm³/mol. The Morgan fingerprint density at radius 1 is 0.968 bits per heavy atom. The molecule has 5 rings (SSSR count). The van der Waals surface area contributed by atoms with E-state index < -0.39 is 10.0 Å². The lowest BCUT2D eigenvalue weighted by molar-refractivity contribution is 0.103. The summed E-state index contributed by atoms with van der Waals surface area (Å²) in [6, 6.07) is 16.0. The van der Waals surface area contributed by atoms with Crippen molar-refractivity contribution in [2.75, 3.05) is 10.0 Å². The molecule has 156 valence electrons. The molecule has 2 N–H and O–H groups in total. The van der Waals surface area contributed by atoms with Gasteiger partial charge in [-0.05, 0) is 62.2 Å². The lowest BCUT2D eigenvalue weighted by Gasteiger charge is -2.10. The monoisotopic (exact) mass is 432 g/mol. The average molecular weight is 433 g/mol. The minimum absolute atomic E-state index is 0.100. The lowest BCUT2D eigenvalue weighted by atomic mass is 10.1. The minimum Gasteiger partial charge on any atom is -0.321 e. The van der Waals surface area contributed by atoms with Gasteiger partial charge in [0, 0.05) is 33.8 Å². The van der Waals surface area contributed by atoms with Gasteiger partial charge in [-0.3, -0.25) is 9.52 Å². The molecule has 0 saturated carbocycles. The molecule has 0 radical (unpaired) electrons. The van der Waals surface area contributed by atoms with Gasteiger partial charge in [0.1, 0.15) is 0 Å². The molecule has 0 saturated heterocycles. The van der Waals surface area contributed by atoms with Crippen LogP contribution in [-0.2, 0) is 10.0 Å². The topological polar surface area (TPSA) is 93.1 Å². The number of aromatic nitrogens is 2. The number of sulfonamides is 1. The highest BCUT2D eigenvalue weighted by Gasteiger charge is 2.26. The van der Waals surface area contributed by atoms with Crippen LogP contribution in [0.25, 0.3) is 16.5 Å². The Hall–Kier alpha value is -3.65. The Balaban J connectivity index is 1.56. The van der Waals surface area contributed by atoms with Gasteiger partial charge in [-0.15, -0.1) is 5.10 Å². The number of anilines is 2. The molecule has 1 aromatic heterocycles. The van der Waals surface area contributed by atoms with Crippen LogP contribution >= 0.6 is 0 Å². The molecule has 0 aliphatic carbocycles. The number of aryl methyl sites for hydroxylation is 3. The molecule has 8 heteroatoms. The van der Waals surface area contributed by atoms with Gasteiger partial charge in [-0.25, -0.2) is 13.1 Å². The second-order valence-electron chi connectivity index (χ2n) is 7.83. The van der Waals surface area contributed by atoms with Gasteiger partial charge in [0.15, 0.2) is 5.82 Å². The summed E-state index contributed by atoms with van der Waals surface area (Å²) in [5.41, 5.74) is 4.96. The van der Waals surface area contributed by atoms with Gasteiger partial charge in [-0.2, -0.15) is 0 Å². The van der Waals surface area contributed by atoms with Crippen molar-refractivity contribution in [2.45, 2.75) is 25.7 Å². The standard InChI is InChI=1S/C23H20N4O3S/c1-13-9-14(2)11-16(10-13)27-15(3)12-21(25-27)26-31(29,30)20-8-7-19-22-17(20)5-4-6-18(22)23(28)24-19/h4-12H,1-3H3,(H,24,28)(H,25,26). The first-order valence-corrected chi connectivity index (χ1v) is 11.3. The third-order valence-electron chi connectivity index (χ3n) is 5.36. The van der Waals surface area contributed by atoms with Crippen LogP contribution in [0.4, 0.5) is 11.5 Å². The molecular weight excluding hydrogens is 412 g/mol. The molecule has 0 unspecified atom stereocenters. The Morgan fingerprint density at radius 3 is 2.45 bits per heavy atom. The van der Waals surface area contributed by atoms with Crippen LogP contribution < -0.4 is 10.0 Å². The number of hydrogen-bond acceptors (Lipinski definition) is 4. The van der Waals surface area contributed by atoms with Gasteiger partial charge in [0.05, 0.1) is 10.6 Å². The smallest absolute Gasteiger partial charge is 0.263 e.